The molecular formula is C80H120N12O19S. The molecule has 2 saturated heterocycles. The van der Waals surface area contributed by atoms with Gasteiger partial charge in [0.1, 0.15) is 17.9 Å². The first kappa shape index (κ1) is 91.4. The number of H-pyrrole nitrogens is 1. The first-order chi connectivity index (χ1) is 54.2. The molecule has 5 heterocycles. The molecule has 3 aromatic heterocycles. The molecule has 112 heavy (non-hydrogen) atoms. The number of piperazine rings is 1. The van der Waals surface area contributed by atoms with Gasteiger partial charge < -0.3 is 109 Å². The highest BCUT2D eigenvalue weighted by molar-refractivity contribution is 7.13. The number of aliphatic hydroxyl groups excluding tert-OH is 1. The Morgan fingerprint density at radius 1 is 0.625 bits per heavy atom. The second kappa shape index (κ2) is 51.2. The van der Waals surface area contributed by atoms with Crippen LogP contribution in [0.1, 0.15) is 97.9 Å². The Morgan fingerprint density at radius 2 is 1.15 bits per heavy atom. The van der Waals surface area contributed by atoms with E-state index in [4.69, 9.17) is 67.2 Å². The van der Waals surface area contributed by atoms with Gasteiger partial charge in [-0.2, -0.15) is 0 Å². The predicted molar refractivity (Wildman–Crippen MR) is 426 cm³/mol. The van der Waals surface area contributed by atoms with Gasteiger partial charge in [-0.05, 0) is 92.6 Å². The smallest absolute Gasteiger partial charge is 0.253 e. The van der Waals surface area contributed by atoms with Gasteiger partial charge in [0.2, 0.25) is 23.6 Å². The molecule has 0 unspecified atom stereocenters. The number of pyridine rings is 2. The SMILES string of the molecule is Cc1cc(C)c(CNC(=O)c2cc(-c3ccc(N4CCN(CCC(=O)NCCOCCOCCOCCOCCOCCOCCOCCOCCOCCOCCOCCOCCC(=O)N[C@H](C(=O)N5C[C@H](O)C[C@H]5C(=O)NCc5ccc(-c6scnc6C)cc5)C(C)(C)C)CC4)nc3)cc(NC(C)C)c2C=N)c(=O)[nH]1. The van der Waals surface area contributed by atoms with Crippen molar-refractivity contribution in [2.24, 2.45) is 5.41 Å². The Morgan fingerprint density at radius 3 is 1.63 bits per heavy atom. The van der Waals surface area contributed by atoms with Gasteiger partial charge in [-0.25, -0.2) is 9.97 Å². The summed E-state index contributed by atoms with van der Waals surface area (Å²) in [5.41, 5.74) is 8.79. The van der Waals surface area contributed by atoms with Crippen LogP contribution in [0, 0.1) is 31.6 Å². The van der Waals surface area contributed by atoms with Crippen LogP contribution in [0.5, 0.6) is 0 Å². The molecule has 2 aliphatic rings. The lowest BCUT2D eigenvalue weighted by molar-refractivity contribution is -0.144. The van der Waals surface area contributed by atoms with Crippen molar-refractivity contribution in [2.45, 2.75) is 112 Å². The number of likely N-dealkylation sites (tertiary alicyclic amines) is 1. The van der Waals surface area contributed by atoms with Crippen molar-refractivity contribution in [1.82, 2.24) is 46.0 Å². The number of anilines is 2. The lowest BCUT2D eigenvalue weighted by Gasteiger charge is -2.35. The molecule has 5 aromatic rings. The van der Waals surface area contributed by atoms with E-state index in [1.165, 1.54) is 11.1 Å². The first-order valence-corrected chi connectivity index (χ1v) is 39.7. The van der Waals surface area contributed by atoms with Gasteiger partial charge in [-0.1, -0.05) is 45.0 Å². The highest BCUT2D eigenvalue weighted by atomic mass is 32.1. The van der Waals surface area contributed by atoms with Crippen LogP contribution in [0.4, 0.5) is 11.5 Å². The number of aliphatic hydroxyl groups is 1. The monoisotopic (exact) mass is 1580 g/mol. The number of aromatic amines is 1. The lowest BCUT2D eigenvalue weighted by Crippen LogP contribution is -2.57. The van der Waals surface area contributed by atoms with Crippen molar-refractivity contribution in [2.75, 3.05) is 215 Å². The molecule has 0 radical (unpaired) electrons. The summed E-state index contributed by atoms with van der Waals surface area (Å²) in [5, 5.41) is 33.8. The van der Waals surface area contributed by atoms with Crippen molar-refractivity contribution < 1.29 is 85.9 Å². The molecule has 3 atom stereocenters. The predicted octanol–water partition coefficient (Wildman–Crippen LogP) is 5.26. The van der Waals surface area contributed by atoms with Crippen LogP contribution in [0.3, 0.4) is 0 Å². The average molecular weight is 1590 g/mol. The van der Waals surface area contributed by atoms with Crippen LogP contribution in [-0.2, 0) is 89.1 Å². The van der Waals surface area contributed by atoms with Crippen LogP contribution < -0.4 is 37.0 Å². The fourth-order valence-electron chi connectivity index (χ4n) is 12.2. The molecule has 0 spiro atoms. The summed E-state index contributed by atoms with van der Waals surface area (Å²) in [6.45, 7) is 29.2. The Bertz CT molecular complexity index is 3670. The third kappa shape index (κ3) is 33.4. The number of amides is 5. The van der Waals surface area contributed by atoms with Crippen molar-refractivity contribution in [1.29, 1.82) is 5.41 Å². The normalized spacial score (nSPS) is 14.9. The number of benzene rings is 2. The number of nitrogens with one attached hydrogen (secondary N) is 7. The summed E-state index contributed by atoms with van der Waals surface area (Å²) < 4.78 is 66.9. The number of hydrogen-bond acceptors (Lipinski definition) is 26. The van der Waals surface area contributed by atoms with Gasteiger partial charge >= 0.3 is 0 Å². The summed E-state index contributed by atoms with van der Waals surface area (Å²) in [6.07, 6.45) is 2.61. The number of aryl methyl sites for hydroxylation is 3. The molecule has 2 aliphatic heterocycles. The molecule has 0 aliphatic carbocycles. The van der Waals surface area contributed by atoms with Crippen LogP contribution in [0.25, 0.3) is 21.6 Å². The van der Waals surface area contributed by atoms with E-state index in [2.05, 4.69) is 46.4 Å². The van der Waals surface area contributed by atoms with Gasteiger partial charge in [0.15, 0.2) is 0 Å². The van der Waals surface area contributed by atoms with Gasteiger partial charge in [0.25, 0.3) is 11.5 Å². The average Bonchev–Trinajstić information content (AvgIpc) is 1.36. The van der Waals surface area contributed by atoms with Crippen molar-refractivity contribution >= 4 is 58.6 Å². The summed E-state index contributed by atoms with van der Waals surface area (Å²) in [5.74, 6) is -0.744. The van der Waals surface area contributed by atoms with Crippen molar-refractivity contribution in [3.8, 4) is 21.6 Å². The molecule has 31 nitrogen and oxygen atoms in total. The molecule has 620 valence electrons. The molecule has 32 heteroatoms. The number of thiazole rings is 1. The highest BCUT2D eigenvalue weighted by Gasteiger charge is 2.44. The van der Waals surface area contributed by atoms with E-state index in [9.17, 15) is 33.9 Å². The third-order valence-electron chi connectivity index (χ3n) is 18.2. The number of aromatic nitrogens is 3. The van der Waals surface area contributed by atoms with Gasteiger partial charge in [-0.15, -0.1) is 11.3 Å². The molecule has 0 saturated carbocycles. The zero-order valence-electron chi connectivity index (χ0n) is 66.6. The van der Waals surface area contributed by atoms with Crippen LogP contribution in [0.2, 0.25) is 0 Å². The minimum absolute atomic E-state index is 0.0112. The molecule has 2 fully saturated rings. The number of ether oxygens (including phenoxy) is 12. The van der Waals surface area contributed by atoms with E-state index in [1.54, 1.807) is 23.6 Å². The molecule has 7 rings (SSSR count). The van der Waals surface area contributed by atoms with Crippen molar-refractivity contribution in [3.05, 3.63) is 116 Å². The number of nitrogens with zero attached hydrogens (tertiary/aromatic N) is 5. The second-order valence-corrected chi connectivity index (χ2v) is 29.3. The highest BCUT2D eigenvalue weighted by Crippen LogP contribution is 2.32. The second-order valence-electron chi connectivity index (χ2n) is 28.4. The molecule has 2 aromatic carbocycles. The maximum Gasteiger partial charge on any atom is 0.253 e. The summed E-state index contributed by atoms with van der Waals surface area (Å²) in [7, 11) is 0. The van der Waals surface area contributed by atoms with E-state index in [1.807, 2.05) is 109 Å². The van der Waals surface area contributed by atoms with E-state index in [0.29, 0.717) is 187 Å². The van der Waals surface area contributed by atoms with Gasteiger partial charge in [-0.3, -0.25) is 33.7 Å². The lowest BCUT2D eigenvalue weighted by atomic mass is 9.85. The van der Waals surface area contributed by atoms with Crippen LogP contribution >= 0.6 is 11.3 Å². The molecule has 0 bridgehead atoms. The maximum atomic E-state index is 14.0. The summed E-state index contributed by atoms with van der Waals surface area (Å²) in [4.78, 5) is 98.3. The quantitative estimate of drug-likeness (QED) is 0.0182. The number of carbonyl (C=O) groups excluding carboxylic acids is 5. The van der Waals surface area contributed by atoms with E-state index in [-0.39, 0.29) is 75.0 Å². The van der Waals surface area contributed by atoms with Gasteiger partial charge in [0, 0.05) is 125 Å². The fraction of sp³-hybridized carbons (Fsp3) is 0.613. The Kier molecular flexibility index (Phi) is 41.7. The van der Waals surface area contributed by atoms with E-state index >= 15 is 0 Å². The van der Waals surface area contributed by atoms with Crippen molar-refractivity contribution in [3.63, 3.8) is 0 Å². The van der Waals surface area contributed by atoms with Gasteiger partial charge in [0.05, 0.1) is 186 Å². The zero-order chi connectivity index (χ0) is 80.3. The largest absolute Gasteiger partial charge is 0.391 e. The first-order valence-electron chi connectivity index (χ1n) is 38.8. The summed E-state index contributed by atoms with van der Waals surface area (Å²) >= 11 is 1.57. The zero-order valence-corrected chi connectivity index (χ0v) is 67.4. The minimum atomic E-state index is -0.936. The topological polar surface area (TPSA) is 369 Å². The fourth-order valence-corrected chi connectivity index (χ4v) is 13.0. The number of carbonyl (C=O) groups is 5. The minimum Gasteiger partial charge on any atom is -0.391 e. The molecule has 5 amide bonds. The molecule has 8 N–H and O–H groups in total. The maximum absolute atomic E-state index is 14.0. The Balaban J connectivity index is 0.567. The third-order valence-corrected chi connectivity index (χ3v) is 19.2. The van der Waals surface area contributed by atoms with Crippen LogP contribution in [0.15, 0.2) is 71.1 Å². The molecular weight excluding hydrogens is 1470 g/mol. The van der Waals surface area contributed by atoms with E-state index in [0.717, 1.165) is 76.1 Å². The standard InChI is InChI=1S/C80H120N12O19S/c1-57(2)87-69-49-64(48-66(67(69)51-81)76(96)85-54-68-58(3)47-59(4)88-77(68)97)63-13-14-71(83-53-63)91-21-19-90(20-22-91)18-15-72(94)82-17-24-101-26-28-103-30-32-105-34-36-107-38-40-109-42-44-111-46-45-110-43-41-108-39-37-106-35-33-104-31-29-102-27-25-100-23-16-73(95)89-75(80(6,7)8)79(99)92-55-65(93)50-70(92)78(98)84-52-61-9-11-62(12-10-61)74-60(5)86-56-112-74/h9-14,47-49,51,53,56-57,65,70,75,81,87,93H,15-46,50,52,54-55H2,1-8H3,(H,82,94)(H,84,98)(H,85,96)(H,88,97)(H,89,95)/t65-,70+,75-/m1/s1. The van der Waals surface area contributed by atoms with E-state index < -0.39 is 35.4 Å². The summed E-state index contributed by atoms with van der Waals surface area (Å²) in [6, 6.07) is 15.6. The Labute approximate surface area is 662 Å². The number of β-amino-alcohol motifs (C(OH)–C–C–N with tert-alkyl or cyclic N) is 1. The Hall–Kier alpha value is -7.77. The number of rotatable bonds is 56. The van der Waals surface area contributed by atoms with Crippen LogP contribution in [-0.4, -0.2) is 294 Å². The number of hydrogen-bond donors (Lipinski definition) is 8.